The lowest BCUT2D eigenvalue weighted by Crippen LogP contribution is -2.40. The second-order valence-electron chi connectivity index (χ2n) is 4.56. The molecule has 0 radical (unpaired) electrons. The fraction of sp³-hybridized carbons (Fsp3) is 0.583. The maximum atomic E-state index is 11.1. The Balaban J connectivity index is 2.11. The van der Waals surface area contributed by atoms with Crippen molar-refractivity contribution >= 4 is 5.91 Å². The molecule has 0 aromatic carbocycles. The molecule has 7 nitrogen and oxygen atoms in total. The SMILES string of the molecule is COC[C@H]1O[C@H](N2C=CCC(C(N)=O)=C2)[C@H](O)[C@@H]1O. The number of hydrogen-bond acceptors (Lipinski definition) is 6. The molecule has 4 atom stereocenters. The molecule has 1 saturated heterocycles. The van der Waals surface area contributed by atoms with Crippen LogP contribution in [0.15, 0.2) is 24.0 Å². The smallest absolute Gasteiger partial charge is 0.246 e. The maximum absolute atomic E-state index is 11.1. The Morgan fingerprint density at radius 1 is 1.58 bits per heavy atom. The lowest BCUT2D eigenvalue weighted by atomic mass is 10.1. The molecule has 2 rings (SSSR count). The minimum absolute atomic E-state index is 0.179. The van der Waals surface area contributed by atoms with E-state index in [-0.39, 0.29) is 6.61 Å². The number of nitrogens with zero attached hydrogens (tertiary/aromatic N) is 1. The highest BCUT2D eigenvalue weighted by Crippen LogP contribution is 2.27. The molecular weight excluding hydrogens is 252 g/mol. The van der Waals surface area contributed by atoms with Gasteiger partial charge in [0.05, 0.1) is 6.61 Å². The van der Waals surface area contributed by atoms with E-state index in [9.17, 15) is 15.0 Å². The average Bonchev–Trinajstić information content (AvgIpc) is 2.68. The molecule has 0 aromatic heterocycles. The third kappa shape index (κ3) is 2.79. The van der Waals surface area contributed by atoms with Crippen molar-refractivity contribution in [3.8, 4) is 0 Å². The van der Waals surface area contributed by atoms with Crippen LogP contribution in [0.4, 0.5) is 0 Å². The van der Waals surface area contributed by atoms with Gasteiger partial charge in [0.2, 0.25) is 5.91 Å². The van der Waals surface area contributed by atoms with E-state index in [0.29, 0.717) is 12.0 Å². The summed E-state index contributed by atoms with van der Waals surface area (Å²) < 4.78 is 10.5. The van der Waals surface area contributed by atoms with Crippen molar-refractivity contribution in [1.29, 1.82) is 0 Å². The van der Waals surface area contributed by atoms with E-state index in [1.54, 1.807) is 12.3 Å². The molecule has 1 fully saturated rings. The fourth-order valence-electron chi connectivity index (χ4n) is 2.18. The maximum Gasteiger partial charge on any atom is 0.246 e. The van der Waals surface area contributed by atoms with Crippen molar-refractivity contribution in [1.82, 2.24) is 4.90 Å². The van der Waals surface area contributed by atoms with Crippen LogP contribution >= 0.6 is 0 Å². The van der Waals surface area contributed by atoms with E-state index in [1.165, 1.54) is 18.2 Å². The van der Waals surface area contributed by atoms with Crippen molar-refractivity contribution < 1.29 is 24.5 Å². The third-order valence-corrected chi connectivity index (χ3v) is 3.20. The molecule has 19 heavy (non-hydrogen) atoms. The summed E-state index contributed by atoms with van der Waals surface area (Å²) in [6.45, 7) is 0.179. The Labute approximate surface area is 110 Å². The predicted octanol–water partition coefficient (Wildman–Crippen LogP) is -1.33. The Kier molecular flexibility index (Phi) is 4.20. The molecule has 106 valence electrons. The molecule has 0 aliphatic carbocycles. The van der Waals surface area contributed by atoms with Crippen LogP contribution in [0.3, 0.4) is 0 Å². The first-order valence-corrected chi connectivity index (χ1v) is 5.99. The standard InChI is InChI=1S/C12H18N2O5/c1-18-6-8-9(15)10(16)12(19-8)14-4-2-3-7(5-14)11(13)17/h2,4-5,8-10,12,15-16H,3,6H2,1H3,(H2,13,17)/t8-,9-,10-,12+/m1/s1. The van der Waals surface area contributed by atoms with Gasteiger partial charge in [-0.05, 0) is 6.42 Å². The van der Waals surface area contributed by atoms with E-state index < -0.39 is 30.4 Å². The van der Waals surface area contributed by atoms with Gasteiger partial charge in [-0.2, -0.15) is 0 Å². The van der Waals surface area contributed by atoms with Gasteiger partial charge in [0.25, 0.3) is 0 Å². The van der Waals surface area contributed by atoms with Crippen molar-refractivity contribution in [2.45, 2.75) is 31.0 Å². The van der Waals surface area contributed by atoms with Crippen molar-refractivity contribution in [2.24, 2.45) is 5.73 Å². The van der Waals surface area contributed by atoms with Crippen LogP contribution in [0, 0.1) is 0 Å². The van der Waals surface area contributed by atoms with Crippen LogP contribution in [-0.2, 0) is 14.3 Å². The minimum atomic E-state index is -1.09. The van der Waals surface area contributed by atoms with Crippen LogP contribution in [0.25, 0.3) is 0 Å². The lowest BCUT2D eigenvalue weighted by Gasteiger charge is -2.28. The Morgan fingerprint density at radius 2 is 2.32 bits per heavy atom. The van der Waals surface area contributed by atoms with Gasteiger partial charge in [0.15, 0.2) is 6.23 Å². The van der Waals surface area contributed by atoms with Crippen molar-refractivity contribution in [3.05, 3.63) is 24.0 Å². The topological polar surface area (TPSA) is 105 Å². The molecule has 0 bridgehead atoms. The quantitative estimate of drug-likeness (QED) is 0.584. The number of primary amides is 1. The zero-order valence-electron chi connectivity index (χ0n) is 10.6. The zero-order valence-corrected chi connectivity index (χ0v) is 10.6. The molecule has 2 heterocycles. The molecular formula is C12H18N2O5. The highest BCUT2D eigenvalue weighted by Gasteiger charge is 2.44. The van der Waals surface area contributed by atoms with E-state index >= 15 is 0 Å². The Hall–Kier alpha value is -1.41. The number of aliphatic hydroxyl groups is 2. The number of rotatable bonds is 4. The second-order valence-corrected chi connectivity index (χ2v) is 4.56. The van der Waals surface area contributed by atoms with Crippen molar-refractivity contribution in [3.63, 3.8) is 0 Å². The lowest BCUT2D eigenvalue weighted by molar-refractivity contribution is -0.114. The normalized spacial score (nSPS) is 34.5. The molecule has 0 saturated carbocycles. The summed E-state index contributed by atoms with van der Waals surface area (Å²) in [7, 11) is 1.49. The second kappa shape index (κ2) is 5.70. The number of nitrogens with two attached hydrogens (primary N) is 1. The molecule has 0 unspecified atom stereocenters. The minimum Gasteiger partial charge on any atom is -0.387 e. The van der Waals surface area contributed by atoms with Gasteiger partial charge >= 0.3 is 0 Å². The van der Waals surface area contributed by atoms with Gasteiger partial charge in [-0.15, -0.1) is 0 Å². The summed E-state index contributed by atoms with van der Waals surface area (Å²) in [5.74, 6) is -0.518. The van der Waals surface area contributed by atoms with E-state index in [0.717, 1.165) is 0 Å². The monoisotopic (exact) mass is 270 g/mol. The highest BCUT2D eigenvalue weighted by molar-refractivity contribution is 5.92. The van der Waals surface area contributed by atoms with Crippen LogP contribution in [0.1, 0.15) is 6.42 Å². The number of aliphatic hydroxyl groups excluding tert-OH is 2. The molecule has 2 aliphatic heterocycles. The number of hydrogen-bond donors (Lipinski definition) is 3. The van der Waals surface area contributed by atoms with E-state index in [1.807, 2.05) is 0 Å². The van der Waals surface area contributed by atoms with Gasteiger partial charge in [0, 0.05) is 25.1 Å². The molecule has 0 spiro atoms. The largest absolute Gasteiger partial charge is 0.387 e. The molecule has 2 aliphatic rings. The highest BCUT2D eigenvalue weighted by atomic mass is 16.6. The van der Waals surface area contributed by atoms with Gasteiger partial charge in [-0.3, -0.25) is 4.79 Å². The molecule has 7 heteroatoms. The van der Waals surface area contributed by atoms with Crippen LogP contribution in [-0.4, -0.2) is 59.3 Å². The van der Waals surface area contributed by atoms with E-state index in [4.69, 9.17) is 15.2 Å². The predicted molar refractivity (Wildman–Crippen MR) is 65.4 cm³/mol. The first-order chi connectivity index (χ1) is 9.04. The van der Waals surface area contributed by atoms with Crippen LogP contribution in [0.5, 0.6) is 0 Å². The molecule has 4 N–H and O–H groups in total. The van der Waals surface area contributed by atoms with Crippen LogP contribution < -0.4 is 5.73 Å². The number of allylic oxidation sites excluding steroid dienone is 1. The molecule has 0 aromatic rings. The van der Waals surface area contributed by atoms with Gasteiger partial charge in [-0.25, -0.2) is 0 Å². The first kappa shape index (κ1) is 14.0. The molecule has 1 amide bonds. The van der Waals surface area contributed by atoms with Gasteiger partial charge in [-0.1, -0.05) is 6.08 Å². The number of ether oxygens (including phenoxy) is 2. The van der Waals surface area contributed by atoms with Gasteiger partial charge < -0.3 is 30.3 Å². The first-order valence-electron chi connectivity index (χ1n) is 5.99. The number of methoxy groups -OCH3 is 1. The van der Waals surface area contributed by atoms with Crippen LogP contribution in [0.2, 0.25) is 0 Å². The van der Waals surface area contributed by atoms with E-state index in [2.05, 4.69) is 0 Å². The summed E-state index contributed by atoms with van der Waals surface area (Å²) in [6, 6.07) is 0. The Morgan fingerprint density at radius 3 is 2.95 bits per heavy atom. The summed E-state index contributed by atoms with van der Waals surface area (Å²) in [6.07, 6.45) is 1.90. The number of carbonyl (C=O) groups is 1. The van der Waals surface area contributed by atoms with Gasteiger partial charge in [0.1, 0.15) is 18.3 Å². The number of amides is 1. The zero-order chi connectivity index (χ0) is 14.0. The third-order valence-electron chi connectivity index (χ3n) is 3.20. The fourth-order valence-corrected chi connectivity index (χ4v) is 2.18. The Bertz CT molecular complexity index is 409. The summed E-state index contributed by atoms with van der Waals surface area (Å²) in [5, 5.41) is 19.8. The summed E-state index contributed by atoms with van der Waals surface area (Å²) >= 11 is 0. The van der Waals surface area contributed by atoms with Crippen molar-refractivity contribution in [2.75, 3.05) is 13.7 Å². The number of carbonyl (C=O) groups excluding carboxylic acids is 1. The summed E-state index contributed by atoms with van der Waals surface area (Å²) in [4.78, 5) is 12.7. The average molecular weight is 270 g/mol. The summed E-state index contributed by atoms with van der Waals surface area (Å²) in [5.41, 5.74) is 5.64.